The van der Waals surface area contributed by atoms with E-state index in [0.717, 1.165) is 0 Å². The SMILES string of the molecule is CC(O)C1C(=O)N2C(C(=O)O)=C(OS(=O)(=O)C(F)(F)F)C(C)C12. The Balaban J connectivity index is 2.47. The lowest BCUT2D eigenvalue weighted by atomic mass is 9.79. The molecule has 2 aliphatic rings. The molecule has 23 heavy (non-hydrogen) atoms. The van der Waals surface area contributed by atoms with Crippen LogP contribution in [0, 0.1) is 11.8 Å². The molecule has 130 valence electrons. The molecule has 0 radical (unpaired) electrons. The second-order valence-corrected chi connectivity index (χ2v) is 6.79. The van der Waals surface area contributed by atoms with Gasteiger partial charge in [0.05, 0.1) is 18.1 Å². The van der Waals surface area contributed by atoms with E-state index in [2.05, 4.69) is 4.18 Å². The van der Waals surface area contributed by atoms with E-state index in [-0.39, 0.29) is 0 Å². The van der Waals surface area contributed by atoms with Crippen molar-refractivity contribution >= 4 is 22.0 Å². The molecule has 4 unspecified atom stereocenters. The number of rotatable bonds is 4. The van der Waals surface area contributed by atoms with Gasteiger partial charge in [-0.15, -0.1) is 0 Å². The summed E-state index contributed by atoms with van der Waals surface area (Å²) in [6.45, 7) is 2.48. The van der Waals surface area contributed by atoms with Gasteiger partial charge in [0.25, 0.3) is 0 Å². The van der Waals surface area contributed by atoms with Crippen LogP contribution in [-0.4, -0.2) is 53.1 Å². The molecule has 0 aromatic heterocycles. The third kappa shape index (κ3) is 2.45. The van der Waals surface area contributed by atoms with Gasteiger partial charge in [0, 0.05) is 5.92 Å². The highest BCUT2D eigenvalue weighted by molar-refractivity contribution is 7.87. The van der Waals surface area contributed by atoms with Crippen LogP contribution >= 0.6 is 0 Å². The van der Waals surface area contributed by atoms with E-state index in [1.54, 1.807) is 0 Å². The maximum Gasteiger partial charge on any atom is 0.534 e. The first kappa shape index (κ1) is 17.5. The molecule has 1 fully saturated rings. The Labute approximate surface area is 128 Å². The molecule has 1 saturated heterocycles. The molecular formula is C11H12F3NO7S. The van der Waals surface area contributed by atoms with Crippen molar-refractivity contribution in [3.8, 4) is 0 Å². The number of carbonyl (C=O) groups is 2. The van der Waals surface area contributed by atoms with Crippen molar-refractivity contribution in [3.05, 3.63) is 11.5 Å². The molecule has 2 N–H and O–H groups in total. The van der Waals surface area contributed by atoms with Crippen molar-refractivity contribution in [2.75, 3.05) is 0 Å². The number of carboxylic acid groups (broad SMARTS) is 1. The van der Waals surface area contributed by atoms with Gasteiger partial charge in [0.2, 0.25) is 5.91 Å². The van der Waals surface area contributed by atoms with E-state index in [9.17, 15) is 36.3 Å². The van der Waals surface area contributed by atoms with Crippen molar-refractivity contribution in [1.29, 1.82) is 0 Å². The number of hydrogen-bond donors (Lipinski definition) is 2. The van der Waals surface area contributed by atoms with Crippen molar-refractivity contribution in [2.45, 2.75) is 31.5 Å². The van der Waals surface area contributed by atoms with Gasteiger partial charge in [-0.3, -0.25) is 9.69 Å². The number of amides is 1. The van der Waals surface area contributed by atoms with Crippen LogP contribution in [0.3, 0.4) is 0 Å². The largest absolute Gasteiger partial charge is 0.534 e. The molecule has 0 aliphatic carbocycles. The lowest BCUT2D eigenvalue weighted by Crippen LogP contribution is -2.63. The molecule has 1 amide bonds. The number of halogens is 3. The number of fused-ring (bicyclic) bond motifs is 1. The molecule has 12 heteroatoms. The van der Waals surface area contributed by atoms with Gasteiger partial charge in [-0.05, 0) is 6.92 Å². The predicted octanol–water partition coefficient (Wildman–Crippen LogP) is 0.00630. The second kappa shape index (κ2) is 5.09. The third-order valence-corrected chi connectivity index (χ3v) is 4.76. The molecule has 0 spiro atoms. The fourth-order valence-corrected chi connectivity index (χ4v) is 3.36. The first-order valence-corrected chi connectivity index (χ1v) is 7.71. The van der Waals surface area contributed by atoms with Crippen molar-refractivity contribution in [2.24, 2.45) is 11.8 Å². The van der Waals surface area contributed by atoms with E-state index in [4.69, 9.17) is 5.11 Å². The average molecular weight is 359 g/mol. The smallest absolute Gasteiger partial charge is 0.476 e. The van der Waals surface area contributed by atoms with Crippen LogP contribution in [0.1, 0.15) is 13.8 Å². The molecule has 2 heterocycles. The maximum atomic E-state index is 12.4. The van der Waals surface area contributed by atoms with Crippen LogP contribution in [0.15, 0.2) is 11.5 Å². The lowest BCUT2D eigenvalue weighted by Gasteiger charge is -2.45. The van der Waals surface area contributed by atoms with Crippen LogP contribution in [0.4, 0.5) is 13.2 Å². The van der Waals surface area contributed by atoms with Crippen molar-refractivity contribution < 1.29 is 45.6 Å². The monoisotopic (exact) mass is 359 g/mol. The number of nitrogens with zero attached hydrogens (tertiary/aromatic N) is 1. The van der Waals surface area contributed by atoms with Gasteiger partial charge in [-0.25, -0.2) is 4.79 Å². The predicted molar refractivity (Wildman–Crippen MR) is 65.7 cm³/mol. The molecule has 0 saturated carbocycles. The highest BCUT2D eigenvalue weighted by Crippen LogP contribution is 2.48. The summed E-state index contributed by atoms with van der Waals surface area (Å²) in [7, 11) is -6.08. The molecule has 2 rings (SSSR count). The Bertz CT molecular complexity index is 697. The normalized spacial score (nSPS) is 29.2. The van der Waals surface area contributed by atoms with E-state index in [1.165, 1.54) is 13.8 Å². The zero-order chi connectivity index (χ0) is 17.9. The van der Waals surface area contributed by atoms with E-state index in [0.29, 0.717) is 4.90 Å². The molecular weight excluding hydrogens is 347 g/mol. The quantitative estimate of drug-likeness (QED) is 0.412. The number of aliphatic hydroxyl groups is 1. The second-order valence-electron chi connectivity index (χ2n) is 5.26. The van der Waals surface area contributed by atoms with E-state index >= 15 is 0 Å². The van der Waals surface area contributed by atoms with Gasteiger partial charge >= 0.3 is 21.6 Å². The highest BCUT2D eigenvalue weighted by atomic mass is 32.2. The van der Waals surface area contributed by atoms with Crippen LogP contribution in [-0.2, 0) is 23.9 Å². The standard InChI is InChI=1S/C11H12F3NO7S/c1-3-6-5(4(2)16)9(17)15(6)7(10(18)19)8(3)22-23(20,21)11(12,13)14/h3-6,16H,1-2H3,(H,18,19). The summed E-state index contributed by atoms with van der Waals surface area (Å²) in [6, 6.07) is -0.980. The van der Waals surface area contributed by atoms with Gasteiger partial charge in [0.1, 0.15) is 0 Å². The van der Waals surface area contributed by atoms with Gasteiger partial charge in [0.15, 0.2) is 11.5 Å². The Hall–Kier alpha value is -1.82. The summed E-state index contributed by atoms with van der Waals surface area (Å²) in [4.78, 5) is 23.8. The number of carbonyl (C=O) groups excluding carboxylic acids is 1. The molecule has 0 bridgehead atoms. The number of aliphatic carboxylic acids is 1. The molecule has 8 nitrogen and oxygen atoms in total. The number of carboxylic acids is 1. The minimum atomic E-state index is -6.08. The van der Waals surface area contributed by atoms with E-state index < -0.39 is 62.9 Å². The zero-order valence-corrected chi connectivity index (χ0v) is 12.6. The Morgan fingerprint density at radius 1 is 1.39 bits per heavy atom. The molecule has 2 aliphatic heterocycles. The number of hydrogen-bond acceptors (Lipinski definition) is 6. The Morgan fingerprint density at radius 2 is 1.91 bits per heavy atom. The third-order valence-electron chi connectivity index (χ3n) is 3.79. The number of alkyl halides is 3. The van der Waals surface area contributed by atoms with Crippen molar-refractivity contribution in [3.63, 3.8) is 0 Å². The van der Waals surface area contributed by atoms with Crippen LogP contribution in [0.5, 0.6) is 0 Å². The van der Waals surface area contributed by atoms with Crippen LogP contribution < -0.4 is 0 Å². The molecule has 4 atom stereocenters. The number of β-lactam (4-membered cyclic amide) rings is 1. The van der Waals surface area contributed by atoms with Crippen LogP contribution in [0.2, 0.25) is 0 Å². The minimum absolute atomic E-state index is 0.644. The summed E-state index contributed by atoms with van der Waals surface area (Å²) in [6.07, 6.45) is -1.18. The van der Waals surface area contributed by atoms with E-state index in [1.807, 2.05) is 0 Å². The summed E-state index contributed by atoms with van der Waals surface area (Å²) in [5, 5.41) is 18.6. The average Bonchev–Trinajstić information content (AvgIpc) is 2.58. The van der Waals surface area contributed by atoms with Gasteiger partial charge in [-0.1, -0.05) is 6.92 Å². The number of aliphatic hydroxyl groups excluding tert-OH is 1. The topological polar surface area (TPSA) is 121 Å². The fraction of sp³-hybridized carbons (Fsp3) is 0.636. The van der Waals surface area contributed by atoms with Gasteiger partial charge < -0.3 is 14.4 Å². The maximum absolute atomic E-state index is 12.4. The Kier molecular flexibility index (Phi) is 3.88. The summed E-state index contributed by atoms with van der Waals surface area (Å²) in [5.74, 6) is -5.79. The first-order chi connectivity index (χ1) is 10.3. The fourth-order valence-electron chi connectivity index (χ4n) is 2.80. The summed E-state index contributed by atoms with van der Waals surface area (Å²) < 4.78 is 63.5. The zero-order valence-electron chi connectivity index (χ0n) is 11.7. The Morgan fingerprint density at radius 3 is 2.30 bits per heavy atom. The van der Waals surface area contributed by atoms with Gasteiger partial charge in [-0.2, -0.15) is 21.6 Å². The van der Waals surface area contributed by atoms with Crippen molar-refractivity contribution in [1.82, 2.24) is 4.90 Å². The summed E-state index contributed by atoms with van der Waals surface area (Å²) >= 11 is 0. The first-order valence-electron chi connectivity index (χ1n) is 6.30. The molecule has 0 aromatic rings. The lowest BCUT2D eigenvalue weighted by molar-refractivity contribution is -0.163. The van der Waals surface area contributed by atoms with Crippen LogP contribution in [0.25, 0.3) is 0 Å². The summed E-state index contributed by atoms with van der Waals surface area (Å²) in [5.41, 5.74) is -6.70. The molecule has 0 aromatic carbocycles. The minimum Gasteiger partial charge on any atom is -0.476 e. The highest BCUT2D eigenvalue weighted by Gasteiger charge is 2.62.